The molecular weight excluding hydrogens is 248 g/mol. The molecular formula is C12H18N4O3. The number of carbonyl (C=O) groups is 1. The number of hydrogen-bond acceptors (Lipinski definition) is 5. The maximum Gasteiger partial charge on any atom is 0.306 e. The normalized spacial score (nSPS) is 34.8. The van der Waals surface area contributed by atoms with Gasteiger partial charge >= 0.3 is 5.97 Å². The molecule has 0 amide bonds. The molecule has 2 fully saturated rings. The van der Waals surface area contributed by atoms with E-state index in [1.54, 1.807) is 10.9 Å². The van der Waals surface area contributed by atoms with E-state index in [0.717, 1.165) is 25.9 Å². The first-order valence-corrected chi connectivity index (χ1v) is 6.67. The number of aliphatic hydroxyl groups is 1. The van der Waals surface area contributed by atoms with Crippen LogP contribution in [0.1, 0.15) is 37.4 Å². The average molecular weight is 266 g/mol. The molecule has 3 rings (SSSR count). The van der Waals surface area contributed by atoms with Gasteiger partial charge in [0.1, 0.15) is 11.3 Å². The number of nitrogens with one attached hydrogen (secondary N) is 1. The van der Waals surface area contributed by atoms with Crippen molar-refractivity contribution in [2.24, 2.45) is 5.92 Å². The number of hydrogen-bond donors (Lipinski definition) is 3. The maximum atomic E-state index is 10.8. The lowest BCUT2D eigenvalue weighted by atomic mass is 9.69. The van der Waals surface area contributed by atoms with Gasteiger partial charge in [0, 0.05) is 6.54 Å². The summed E-state index contributed by atoms with van der Waals surface area (Å²) in [5.74, 6) is -1.32. The summed E-state index contributed by atoms with van der Waals surface area (Å²) in [6.45, 7) is 1.89. The molecule has 0 radical (unpaired) electrons. The van der Waals surface area contributed by atoms with Gasteiger partial charge in [0.2, 0.25) is 0 Å². The van der Waals surface area contributed by atoms with Crippen LogP contribution >= 0.6 is 0 Å². The van der Waals surface area contributed by atoms with E-state index in [1.807, 2.05) is 0 Å². The fraction of sp³-hybridized carbons (Fsp3) is 0.750. The zero-order valence-corrected chi connectivity index (χ0v) is 10.6. The number of aromatic nitrogens is 3. The van der Waals surface area contributed by atoms with Crippen molar-refractivity contribution in [3.8, 4) is 0 Å². The van der Waals surface area contributed by atoms with Gasteiger partial charge in [0.25, 0.3) is 0 Å². The lowest BCUT2D eigenvalue weighted by molar-refractivity contribution is -0.160. The van der Waals surface area contributed by atoms with Gasteiger partial charge in [0.05, 0.1) is 18.2 Å². The Morgan fingerprint density at radius 1 is 1.53 bits per heavy atom. The number of rotatable bonds is 3. The highest BCUT2D eigenvalue weighted by molar-refractivity contribution is 5.71. The predicted molar refractivity (Wildman–Crippen MR) is 65.4 cm³/mol. The SMILES string of the molecule is O=C(O)C1CC(O)(c2cn(C3CCCNC3)nn2)C1. The molecule has 1 atom stereocenters. The van der Waals surface area contributed by atoms with Crippen LogP contribution in [0.25, 0.3) is 0 Å². The molecule has 0 bridgehead atoms. The Kier molecular flexibility index (Phi) is 3.02. The van der Waals surface area contributed by atoms with Gasteiger partial charge < -0.3 is 15.5 Å². The maximum absolute atomic E-state index is 10.8. The van der Waals surface area contributed by atoms with E-state index >= 15 is 0 Å². The number of piperidine rings is 1. The molecule has 1 aromatic heterocycles. The third-order valence-corrected chi connectivity index (χ3v) is 4.15. The minimum Gasteiger partial charge on any atom is -0.481 e. The third-order valence-electron chi connectivity index (χ3n) is 4.15. The van der Waals surface area contributed by atoms with E-state index in [1.165, 1.54) is 0 Å². The van der Waals surface area contributed by atoms with Crippen molar-refractivity contribution in [2.75, 3.05) is 13.1 Å². The highest BCUT2D eigenvalue weighted by Gasteiger charge is 2.49. The van der Waals surface area contributed by atoms with Crippen LogP contribution in [0, 0.1) is 5.92 Å². The van der Waals surface area contributed by atoms with E-state index in [-0.39, 0.29) is 18.9 Å². The lowest BCUT2D eigenvalue weighted by Gasteiger charge is -2.39. The van der Waals surface area contributed by atoms with Gasteiger partial charge in [0.15, 0.2) is 0 Å². The van der Waals surface area contributed by atoms with Crippen LogP contribution in [0.15, 0.2) is 6.20 Å². The van der Waals surface area contributed by atoms with Crippen molar-refractivity contribution < 1.29 is 15.0 Å². The molecule has 7 nitrogen and oxygen atoms in total. The minimum atomic E-state index is -1.11. The molecule has 2 aliphatic rings. The second kappa shape index (κ2) is 4.57. The van der Waals surface area contributed by atoms with Crippen LogP contribution in [-0.2, 0) is 10.4 Å². The van der Waals surface area contributed by atoms with Crippen molar-refractivity contribution in [2.45, 2.75) is 37.3 Å². The Labute approximate surface area is 110 Å². The highest BCUT2D eigenvalue weighted by Crippen LogP contribution is 2.44. The monoisotopic (exact) mass is 266 g/mol. The molecule has 1 saturated carbocycles. The number of carboxylic acid groups (broad SMARTS) is 1. The van der Waals surface area contributed by atoms with Crippen LogP contribution in [-0.4, -0.2) is 44.3 Å². The van der Waals surface area contributed by atoms with Crippen molar-refractivity contribution in [1.29, 1.82) is 0 Å². The Balaban J connectivity index is 1.70. The van der Waals surface area contributed by atoms with Crippen LogP contribution in [0.3, 0.4) is 0 Å². The van der Waals surface area contributed by atoms with Gasteiger partial charge in [-0.3, -0.25) is 4.79 Å². The van der Waals surface area contributed by atoms with E-state index in [2.05, 4.69) is 15.6 Å². The number of carboxylic acids is 1. The van der Waals surface area contributed by atoms with Crippen LogP contribution in [0.4, 0.5) is 0 Å². The molecule has 2 heterocycles. The molecule has 19 heavy (non-hydrogen) atoms. The summed E-state index contributed by atoms with van der Waals surface area (Å²) in [6.07, 6.45) is 4.36. The fourth-order valence-electron chi connectivity index (χ4n) is 2.87. The highest BCUT2D eigenvalue weighted by atomic mass is 16.4. The largest absolute Gasteiger partial charge is 0.481 e. The first-order valence-electron chi connectivity index (χ1n) is 6.67. The van der Waals surface area contributed by atoms with Crippen molar-refractivity contribution >= 4 is 5.97 Å². The zero-order chi connectivity index (χ0) is 13.5. The van der Waals surface area contributed by atoms with Crippen molar-refractivity contribution in [1.82, 2.24) is 20.3 Å². The summed E-state index contributed by atoms with van der Waals surface area (Å²) in [5, 5.41) is 30.6. The predicted octanol–water partition coefficient (Wildman–Crippen LogP) is -0.115. The number of aliphatic carboxylic acids is 1. The summed E-state index contributed by atoms with van der Waals surface area (Å²) in [4.78, 5) is 10.8. The minimum absolute atomic E-state index is 0.226. The molecule has 1 unspecified atom stereocenters. The standard InChI is InChI=1S/C12H18N4O3/c17-11(18)8-4-12(19,5-8)10-7-16(15-14-10)9-2-1-3-13-6-9/h7-9,13,19H,1-6H2,(H,17,18). The quantitative estimate of drug-likeness (QED) is 0.705. The summed E-state index contributed by atoms with van der Waals surface area (Å²) in [7, 11) is 0. The fourth-order valence-corrected chi connectivity index (χ4v) is 2.87. The summed E-state index contributed by atoms with van der Waals surface area (Å²) < 4.78 is 1.79. The van der Waals surface area contributed by atoms with E-state index in [9.17, 15) is 9.90 Å². The van der Waals surface area contributed by atoms with E-state index in [4.69, 9.17) is 5.11 Å². The van der Waals surface area contributed by atoms with Gasteiger partial charge in [-0.15, -0.1) is 5.10 Å². The van der Waals surface area contributed by atoms with E-state index in [0.29, 0.717) is 5.69 Å². The lowest BCUT2D eigenvalue weighted by Crippen LogP contribution is -2.44. The first-order chi connectivity index (χ1) is 9.08. The molecule has 7 heteroatoms. The Morgan fingerprint density at radius 2 is 2.32 bits per heavy atom. The third kappa shape index (κ3) is 2.23. The second-order valence-electron chi connectivity index (χ2n) is 5.56. The van der Waals surface area contributed by atoms with Crippen LogP contribution in [0.2, 0.25) is 0 Å². The Morgan fingerprint density at radius 3 is 2.95 bits per heavy atom. The Bertz CT molecular complexity index is 475. The van der Waals surface area contributed by atoms with Crippen LogP contribution < -0.4 is 5.32 Å². The van der Waals surface area contributed by atoms with E-state index < -0.39 is 17.5 Å². The molecule has 0 spiro atoms. The average Bonchev–Trinajstić information content (AvgIpc) is 2.85. The molecule has 3 N–H and O–H groups in total. The van der Waals surface area contributed by atoms with Crippen molar-refractivity contribution in [3.05, 3.63) is 11.9 Å². The molecule has 1 aliphatic carbocycles. The summed E-state index contributed by atoms with van der Waals surface area (Å²) >= 11 is 0. The van der Waals surface area contributed by atoms with Crippen molar-refractivity contribution in [3.63, 3.8) is 0 Å². The topological polar surface area (TPSA) is 100 Å². The van der Waals surface area contributed by atoms with Crippen LogP contribution in [0.5, 0.6) is 0 Å². The van der Waals surface area contributed by atoms with Gasteiger partial charge in [-0.1, -0.05) is 5.21 Å². The first kappa shape index (κ1) is 12.6. The van der Waals surface area contributed by atoms with Gasteiger partial charge in [-0.25, -0.2) is 4.68 Å². The second-order valence-corrected chi connectivity index (χ2v) is 5.56. The summed E-state index contributed by atoms with van der Waals surface area (Å²) in [6, 6.07) is 0.272. The Hall–Kier alpha value is -1.47. The number of nitrogens with zero attached hydrogens (tertiary/aromatic N) is 3. The smallest absolute Gasteiger partial charge is 0.306 e. The molecule has 1 aromatic rings. The molecule has 104 valence electrons. The zero-order valence-electron chi connectivity index (χ0n) is 10.6. The van der Waals surface area contributed by atoms with Gasteiger partial charge in [-0.2, -0.15) is 0 Å². The molecule has 1 saturated heterocycles. The summed E-state index contributed by atoms with van der Waals surface area (Å²) in [5.41, 5.74) is -0.612. The molecule has 0 aromatic carbocycles. The molecule has 1 aliphatic heterocycles. The van der Waals surface area contributed by atoms with Gasteiger partial charge in [-0.05, 0) is 32.2 Å².